The van der Waals surface area contributed by atoms with E-state index in [-0.39, 0.29) is 0 Å². The normalized spacial score (nSPS) is 12.1. The Bertz CT molecular complexity index is 621. The Kier molecular flexibility index (Phi) is 3.95. The van der Waals surface area contributed by atoms with Crippen molar-refractivity contribution in [3.63, 3.8) is 0 Å². The van der Waals surface area contributed by atoms with Crippen LogP contribution in [0.15, 0.2) is 30.6 Å². The number of sulfonamides is 1. The topological polar surface area (TPSA) is 75.5 Å². The summed E-state index contributed by atoms with van der Waals surface area (Å²) in [6.07, 6.45) is 4.86. The molecule has 2 N–H and O–H groups in total. The van der Waals surface area contributed by atoms with Crippen LogP contribution in [0.4, 0.5) is 0 Å². The maximum absolute atomic E-state index is 10.8. The molecule has 0 aliphatic heterocycles. The zero-order chi connectivity index (χ0) is 13.0. The van der Waals surface area contributed by atoms with Gasteiger partial charge in [0.15, 0.2) is 0 Å². The number of pyridine rings is 1. The second kappa shape index (κ2) is 5.47. The Morgan fingerprint density at radius 2 is 2.17 bits per heavy atom. The van der Waals surface area contributed by atoms with Gasteiger partial charge in [-0.05, 0) is 12.1 Å². The largest absolute Gasteiger partial charge is 0.311 e. The summed E-state index contributed by atoms with van der Waals surface area (Å²) in [5.74, 6) is 0. The van der Waals surface area contributed by atoms with Gasteiger partial charge in [0.2, 0.25) is 10.0 Å². The van der Waals surface area contributed by atoms with Crippen molar-refractivity contribution in [2.75, 3.05) is 19.3 Å². The summed E-state index contributed by atoms with van der Waals surface area (Å²) in [5, 5.41) is 7.39. The van der Waals surface area contributed by atoms with Crippen molar-refractivity contribution in [3.8, 4) is 0 Å². The number of fused-ring (bicyclic) bond motifs is 1. The van der Waals surface area contributed by atoms with Crippen molar-refractivity contribution in [1.82, 2.24) is 19.7 Å². The molecule has 0 unspecified atom stereocenters. The molecule has 0 amide bonds. The number of hydrogen-bond acceptors (Lipinski definition) is 4. The van der Waals surface area contributed by atoms with Crippen LogP contribution in [-0.2, 0) is 16.6 Å². The van der Waals surface area contributed by atoms with Gasteiger partial charge >= 0.3 is 0 Å². The number of rotatable bonds is 6. The van der Waals surface area contributed by atoms with E-state index in [0.717, 1.165) is 17.3 Å². The zero-order valence-corrected chi connectivity index (χ0v) is 10.9. The number of hydrogen-bond donors (Lipinski definition) is 2. The lowest BCUT2D eigenvalue weighted by Crippen LogP contribution is -2.30. The van der Waals surface area contributed by atoms with E-state index >= 15 is 0 Å². The first-order chi connectivity index (χ1) is 8.56. The van der Waals surface area contributed by atoms with Crippen LogP contribution in [-0.4, -0.2) is 37.4 Å². The summed E-state index contributed by atoms with van der Waals surface area (Å²) < 4.78 is 25.9. The minimum Gasteiger partial charge on any atom is -0.311 e. The Balaban J connectivity index is 1.84. The van der Waals surface area contributed by atoms with Crippen LogP contribution in [0.25, 0.3) is 5.52 Å². The highest BCUT2D eigenvalue weighted by Gasteiger charge is 2.02. The van der Waals surface area contributed by atoms with E-state index in [2.05, 4.69) is 15.1 Å². The highest BCUT2D eigenvalue weighted by molar-refractivity contribution is 7.88. The van der Waals surface area contributed by atoms with Crippen LogP contribution in [0.5, 0.6) is 0 Å². The standard InChI is InChI=1S/C11H16N4O2S/c1-18(16,17)14-6-5-12-8-10-9-13-15-7-3-2-4-11(10)15/h2-4,7,9,12,14H,5-6,8H2,1H3. The molecule has 0 spiro atoms. The van der Waals surface area contributed by atoms with E-state index in [4.69, 9.17) is 0 Å². The lowest BCUT2D eigenvalue weighted by Gasteiger charge is -2.04. The van der Waals surface area contributed by atoms with Gasteiger partial charge in [-0.3, -0.25) is 0 Å². The van der Waals surface area contributed by atoms with Crippen molar-refractivity contribution < 1.29 is 8.42 Å². The summed E-state index contributed by atoms with van der Waals surface area (Å²) in [7, 11) is -3.10. The Hall–Kier alpha value is -1.44. The molecule has 2 heterocycles. The molecule has 0 bridgehead atoms. The zero-order valence-electron chi connectivity index (χ0n) is 10.1. The fourth-order valence-corrected chi connectivity index (χ4v) is 2.14. The average molecular weight is 268 g/mol. The molecule has 0 aliphatic carbocycles. The van der Waals surface area contributed by atoms with E-state index in [1.54, 1.807) is 0 Å². The number of nitrogens with zero attached hydrogens (tertiary/aromatic N) is 2. The highest BCUT2D eigenvalue weighted by Crippen LogP contribution is 2.08. The molecule has 0 atom stereocenters. The third kappa shape index (κ3) is 3.52. The molecule has 7 heteroatoms. The Labute approximate surface area is 106 Å². The highest BCUT2D eigenvalue weighted by atomic mass is 32.2. The van der Waals surface area contributed by atoms with Crippen LogP contribution in [0.2, 0.25) is 0 Å². The first-order valence-corrected chi connectivity index (χ1v) is 7.52. The monoisotopic (exact) mass is 268 g/mol. The van der Waals surface area contributed by atoms with E-state index < -0.39 is 10.0 Å². The molecular formula is C11H16N4O2S. The maximum Gasteiger partial charge on any atom is 0.208 e. The second-order valence-electron chi connectivity index (χ2n) is 4.04. The van der Waals surface area contributed by atoms with Gasteiger partial charge in [-0.15, -0.1) is 0 Å². The van der Waals surface area contributed by atoms with Gasteiger partial charge in [-0.2, -0.15) is 5.10 Å². The molecule has 0 aromatic carbocycles. The van der Waals surface area contributed by atoms with Crippen molar-refractivity contribution in [1.29, 1.82) is 0 Å². The van der Waals surface area contributed by atoms with Gasteiger partial charge < -0.3 is 5.32 Å². The van der Waals surface area contributed by atoms with Gasteiger partial charge in [0.05, 0.1) is 18.0 Å². The van der Waals surface area contributed by atoms with Gasteiger partial charge in [-0.1, -0.05) is 6.07 Å². The van der Waals surface area contributed by atoms with E-state index in [0.29, 0.717) is 19.6 Å². The summed E-state index contributed by atoms with van der Waals surface area (Å²) in [5.41, 5.74) is 2.15. The van der Waals surface area contributed by atoms with Crippen LogP contribution in [0.3, 0.4) is 0 Å². The van der Waals surface area contributed by atoms with Crippen molar-refractivity contribution >= 4 is 15.5 Å². The van der Waals surface area contributed by atoms with Crippen molar-refractivity contribution in [2.45, 2.75) is 6.54 Å². The molecule has 0 aliphatic rings. The molecule has 0 saturated heterocycles. The Morgan fingerprint density at radius 1 is 1.33 bits per heavy atom. The molecule has 98 valence electrons. The van der Waals surface area contributed by atoms with Crippen LogP contribution >= 0.6 is 0 Å². The minimum absolute atomic E-state index is 0.387. The van der Waals surface area contributed by atoms with E-state index in [1.165, 1.54) is 0 Å². The lowest BCUT2D eigenvalue weighted by molar-refractivity contribution is 0.582. The SMILES string of the molecule is CS(=O)(=O)NCCNCc1cnn2ccccc12. The van der Waals surface area contributed by atoms with Gasteiger partial charge in [0.1, 0.15) is 0 Å². The summed E-state index contributed by atoms with van der Waals surface area (Å²) in [6.45, 7) is 1.63. The fourth-order valence-electron chi connectivity index (χ4n) is 1.67. The molecule has 18 heavy (non-hydrogen) atoms. The number of nitrogens with one attached hydrogen (secondary N) is 2. The molecular weight excluding hydrogens is 252 g/mol. The smallest absolute Gasteiger partial charge is 0.208 e. The van der Waals surface area contributed by atoms with Crippen LogP contribution in [0, 0.1) is 0 Å². The third-order valence-electron chi connectivity index (χ3n) is 2.49. The summed E-state index contributed by atoms with van der Waals surface area (Å²) >= 11 is 0. The van der Waals surface area contributed by atoms with Gasteiger partial charge in [-0.25, -0.2) is 17.7 Å². The first-order valence-electron chi connectivity index (χ1n) is 5.63. The molecule has 2 aromatic heterocycles. The molecule has 0 radical (unpaired) electrons. The van der Waals surface area contributed by atoms with Gasteiger partial charge in [0.25, 0.3) is 0 Å². The lowest BCUT2D eigenvalue weighted by atomic mass is 10.2. The Morgan fingerprint density at radius 3 is 2.94 bits per heavy atom. The number of aromatic nitrogens is 2. The molecule has 0 fully saturated rings. The van der Waals surface area contributed by atoms with Crippen molar-refractivity contribution in [3.05, 3.63) is 36.2 Å². The predicted octanol–water partition coefficient (Wildman–Crippen LogP) is -0.0269. The van der Waals surface area contributed by atoms with Crippen LogP contribution < -0.4 is 10.0 Å². The molecule has 0 saturated carbocycles. The predicted molar refractivity (Wildman–Crippen MR) is 69.7 cm³/mol. The second-order valence-corrected chi connectivity index (χ2v) is 5.88. The average Bonchev–Trinajstić information content (AvgIpc) is 2.71. The fraction of sp³-hybridized carbons (Fsp3) is 0.364. The molecule has 2 aromatic rings. The molecule has 2 rings (SSSR count). The van der Waals surface area contributed by atoms with Crippen molar-refractivity contribution in [2.24, 2.45) is 0 Å². The summed E-state index contributed by atoms with van der Waals surface area (Å²) in [4.78, 5) is 0. The summed E-state index contributed by atoms with van der Waals surface area (Å²) in [6, 6.07) is 5.89. The van der Waals surface area contributed by atoms with E-state index in [1.807, 2.05) is 35.1 Å². The first kappa shape index (κ1) is 13.0. The minimum atomic E-state index is -3.10. The van der Waals surface area contributed by atoms with Gasteiger partial charge in [0, 0.05) is 31.4 Å². The van der Waals surface area contributed by atoms with Crippen LogP contribution in [0.1, 0.15) is 5.56 Å². The van der Waals surface area contributed by atoms with E-state index in [9.17, 15) is 8.42 Å². The quantitative estimate of drug-likeness (QED) is 0.722. The maximum atomic E-state index is 10.8. The molecule has 6 nitrogen and oxygen atoms in total. The third-order valence-corrected chi connectivity index (χ3v) is 3.22.